The standard InChI is InChI=1S/C20H19Cl2N3O3/c1-20(2,3)17(26)16-15-14(13-5-4-6-23-25(13)16)18(27)24(19(15)28)12-8-10(21)7-11(22)9-12/h4-9,13-16H,1-3H3. The fraction of sp³-hybridized carbons (Fsp3) is 0.400. The third-order valence-electron chi connectivity index (χ3n) is 5.40. The van der Waals surface area contributed by atoms with Crippen LogP contribution >= 0.6 is 23.2 Å². The molecule has 1 aromatic rings. The zero-order valence-electron chi connectivity index (χ0n) is 15.6. The predicted molar refractivity (Wildman–Crippen MR) is 107 cm³/mol. The Hall–Kier alpha value is -2.18. The molecule has 8 heteroatoms. The molecule has 4 unspecified atom stereocenters. The Morgan fingerprint density at radius 1 is 1.04 bits per heavy atom. The first-order valence-electron chi connectivity index (χ1n) is 8.98. The number of carbonyl (C=O) groups is 3. The van der Waals surface area contributed by atoms with E-state index in [4.69, 9.17) is 23.2 Å². The summed E-state index contributed by atoms with van der Waals surface area (Å²) in [6, 6.07) is 3.34. The van der Waals surface area contributed by atoms with Crippen molar-refractivity contribution in [3.63, 3.8) is 0 Å². The highest BCUT2D eigenvalue weighted by atomic mass is 35.5. The van der Waals surface area contributed by atoms with Crippen LogP contribution in [-0.2, 0) is 14.4 Å². The van der Waals surface area contributed by atoms with Crippen LogP contribution < -0.4 is 4.90 Å². The number of nitrogens with zero attached hydrogens (tertiary/aromatic N) is 3. The summed E-state index contributed by atoms with van der Waals surface area (Å²) in [4.78, 5) is 41.0. The maximum absolute atomic E-state index is 13.4. The predicted octanol–water partition coefficient (Wildman–Crippen LogP) is 3.32. The lowest BCUT2D eigenvalue weighted by Crippen LogP contribution is -2.49. The molecule has 0 saturated carbocycles. The van der Waals surface area contributed by atoms with Crippen molar-refractivity contribution < 1.29 is 14.4 Å². The minimum atomic E-state index is -0.804. The first-order chi connectivity index (χ1) is 13.1. The van der Waals surface area contributed by atoms with Crippen LogP contribution in [-0.4, -0.2) is 40.9 Å². The van der Waals surface area contributed by atoms with Crippen molar-refractivity contribution >= 4 is 52.7 Å². The van der Waals surface area contributed by atoms with Crippen molar-refractivity contribution in [2.45, 2.75) is 32.9 Å². The van der Waals surface area contributed by atoms with E-state index in [1.54, 1.807) is 38.1 Å². The quantitative estimate of drug-likeness (QED) is 0.689. The van der Waals surface area contributed by atoms with Gasteiger partial charge in [-0.2, -0.15) is 5.10 Å². The lowest BCUT2D eigenvalue weighted by molar-refractivity contribution is -0.136. The molecule has 0 spiro atoms. The molecule has 4 rings (SSSR count). The summed E-state index contributed by atoms with van der Waals surface area (Å²) in [7, 11) is 0. The molecule has 0 aromatic heterocycles. The Morgan fingerprint density at radius 3 is 2.25 bits per heavy atom. The summed E-state index contributed by atoms with van der Waals surface area (Å²) in [5.74, 6) is -2.40. The van der Waals surface area contributed by atoms with Crippen LogP contribution in [0.4, 0.5) is 5.69 Å². The number of fused-ring (bicyclic) bond motifs is 3. The summed E-state index contributed by atoms with van der Waals surface area (Å²) in [5.41, 5.74) is -0.365. The fourth-order valence-electron chi connectivity index (χ4n) is 4.20. The average molecular weight is 420 g/mol. The summed E-state index contributed by atoms with van der Waals surface area (Å²) in [6.07, 6.45) is 5.13. The number of halogens is 2. The van der Waals surface area contributed by atoms with Crippen LogP contribution in [0.15, 0.2) is 35.5 Å². The molecule has 0 N–H and O–H groups in total. The smallest absolute Gasteiger partial charge is 0.240 e. The number of carbonyl (C=O) groups excluding carboxylic acids is 3. The summed E-state index contributed by atoms with van der Waals surface area (Å²) >= 11 is 12.1. The Labute approximate surface area is 172 Å². The number of ketones is 1. The van der Waals surface area contributed by atoms with E-state index in [2.05, 4.69) is 5.10 Å². The van der Waals surface area contributed by atoms with Crippen molar-refractivity contribution in [2.75, 3.05) is 4.90 Å². The van der Waals surface area contributed by atoms with Crippen LogP contribution in [0.25, 0.3) is 0 Å². The molecule has 3 heterocycles. The minimum Gasteiger partial charge on any atom is -0.297 e. The van der Waals surface area contributed by atoms with Crippen molar-refractivity contribution in [1.82, 2.24) is 5.01 Å². The Bertz CT molecular complexity index is 930. The molecular formula is C20H19Cl2N3O3. The SMILES string of the molecule is CC(C)(C)C(=O)C1C2C(=O)N(c3cc(Cl)cc(Cl)c3)C(=O)C2C2C=CC=NN21. The first-order valence-corrected chi connectivity index (χ1v) is 9.74. The van der Waals surface area contributed by atoms with E-state index in [0.29, 0.717) is 15.7 Å². The van der Waals surface area contributed by atoms with Crippen LogP contribution in [0.1, 0.15) is 20.8 Å². The minimum absolute atomic E-state index is 0.121. The number of amides is 2. The van der Waals surface area contributed by atoms with E-state index in [-0.39, 0.29) is 11.7 Å². The molecular weight excluding hydrogens is 401 g/mol. The van der Waals surface area contributed by atoms with Crippen LogP contribution in [0.5, 0.6) is 0 Å². The zero-order chi connectivity index (χ0) is 20.4. The Morgan fingerprint density at radius 2 is 1.64 bits per heavy atom. The molecule has 2 amide bonds. The molecule has 1 aromatic carbocycles. The van der Waals surface area contributed by atoms with E-state index >= 15 is 0 Å². The second-order valence-electron chi connectivity index (χ2n) is 8.27. The second-order valence-corrected chi connectivity index (χ2v) is 9.14. The highest BCUT2D eigenvalue weighted by Crippen LogP contribution is 2.47. The van der Waals surface area contributed by atoms with Gasteiger partial charge in [0, 0.05) is 21.7 Å². The lowest BCUT2D eigenvalue weighted by atomic mass is 9.80. The molecule has 6 nitrogen and oxygen atoms in total. The largest absolute Gasteiger partial charge is 0.297 e. The normalized spacial score (nSPS) is 28.8. The zero-order valence-corrected chi connectivity index (χ0v) is 17.1. The monoisotopic (exact) mass is 419 g/mol. The number of allylic oxidation sites excluding steroid dienone is 1. The number of anilines is 1. The van der Waals surface area contributed by atoms with Gasteiger partial charge in [0.25, 0.3) is 0 Å². The molecule has 0 aliphatic carbocycles. The van der Waals surface area contributed by atoms with E-state index in [1.165, 1.54) is 18.2 Å². The number of benzene rings is 1. The third kappa shape index (κ3) is 2.78. The molecule has 3 aliphatic rings. The van der Waals surface area contributed by atoms with E-state index < -0.39 is 35.2 Å². The van der Waals surface area contributed by atoms with Gasteiger partial charge < -0.3 is 0 Å². The van der Waals surface area contributed by atoms with Crippen molar-refractivity contribution in [3.8, 4) is 0 Å². The number of hydrogen-bond acceptors (Lipinski definition) is 5. The van der Waals surface area contributed by atoms with Gasteiger partial charge >= 0.3 is 0 Å². The van der Waals surface area contributed by atoms with Gasteiger partial charge in [0.05, 0.1) is 23.6 Å². The van der Waals surface area contributed by atoms with Crippen molar-refractivity contribution in [1.29, 1.82) is 0 Å². The number of hydrogen-bond donors (Lipinski definition) is 0. The van der Waals surface area contributed by atoms with Crippen molar-refractivity contribution in [3.05, 3.63) is 40.4 Å². The molecule has 0 radical (unpaired) electrons. The third-order valence-corrected chi connectivity index (χ3v) is 5.84. The first kappa shape index (κ1) is 19.2. The van der Waals surface area contributed by atoms with Crippen LogP contribution in [0.3, 0.4) is 0 Å². The van der Waals surface area contributed by atoms with Gasteiger partial charge in [-0.1, -0.05) is 50.0 Å². The van der Waals surface area contributed by atoms with Crippen molar-refractivity contribution in [2.24, 2.45) is 22.4 Å². The van der Waals surface area contributed by atoms with Gasteiger partial charge in [0.2, 0.25) is 11.8 Å². The maximum atomic E-state index is 13.4. The molecule has 4 atom stereocenters. The number of hydrazone groups is 1. The van der Waals surface area contributed by atoms with Crippen LogP contribution in [0.2, 0.25) is 10.0 Å². The van der Waals surface area contributed by atoms with Gasteiger partial charge in [-0.05, 0) is 24.3 Å². The molecule has 0 bridgehead atoms. The van der Waals surface area contributed by atoms with Gasteiger partial charge in [-0.25, -0.2) is 4.90 Å². The maximum Gasteiger partial charge on any atom is 0.240 e. The van der Waals surface area contributed by atoms with Crippen LogP contribution in [0, 0.1) is 17.3 Å². The fourth-order valence-corrected chi connectivity index (χ4v) is 4.72. The topological polar surface area (TPSA) is 70.0 Å². The Kier molecular flexibility index (Phi) is 4.39. The summed E-state index contributed by atoms with van der Waals surface area (Å²) in [6.45, 7) is 5.41. The molecule has 3 aliphatic heterocycles. The van der Waals surface area contributed by atoms with Gasteiger partial charge in [0.1, 0.15) is 6.04 Å². The van der Waals surface area contributed by atoms with E-state index in [1.807, 2.05) is 6.08 Å². The summed E-state index contributed by atoms with van der Waals surface area (Å²) in [5, 5.41) is 6.58. The van der Waals surface area contributed by atoms with Gasteiger partial charge in [0.15, 0.2) is 5.78 Å². The summed E-state index contributed by atoms with van der Waals surface area (Å²) < 4.78 is 0. The molecule has 2 saturated heterocycles. The van der Waals surface area contributed by atoms with E-state index in [9.17, 15) is 14.4 Å². The highest BCUT2D eigenvalue weighted by Gasteiger charge is 2.64. The Balaban J connectivity index is 1.81. The second kappa shape index (κ2) is 6.42. The van der Waals surface area contributed by atoms with Gasteiger partial charge in [-0.15, -0.1) is 0 Å². The lowest BCUT2D eigenvalue weighted by Gasteiger charge is -2.33. The number of rotatable bonds is 2. The molecule has 2 fully saturated rings. The van der Waals surface area contributed by atoms with E-state index in [0.717, 1.165) is 4.90 Å². The van der Waals surface area contributed by atoms with Gasteiger partial charge in [-0.3, -0.25) is 19.4 Å². The number of Topliss-reactive ketones (excluding diaryl/α,β-unsaturated/α-hetero) is 1. The average Bonchev–Trinajstić information content (AvgIpc) is 3.06. The number of imide groups is 1. The highest BCUT2D eigenvalue weighted by molar-refractivity contribution is 6.35. The molecule has 146 valence electrons. The molecule has 28 heavy (non-hydrogen) atoms.